The van der Waals surface area contributed by atoms with Crippen molar-refractivity contribution in [2.45, 2.75) is 26.7 Å². The van der Waals surface area contributed by atoms with Gasteiger partial charge in [-0.15, -0.1) is 0 Å². The molecular weight excluding hydrogens is 376 g/mol. The highest BCUT2D eigenvalue weighted by Gasteiger charge is 2.07. The number of aryl methyl sites for hydroxylation is 3. The number of carbonyl (C=O) groups excluding carboxylic acids is 1. The number of halogens is 1. The molecule has 0 spiro atoms. The number of benzene rings is 1. The average molecular weight is 399 g/mol. The van der Waals surface area contributed by atoms with Gasteiger partial charge < -0.3 is 10.6 Å². The Bertz CT molecular complexity index is 955. The van der Waals surface area contributed by atoms with Crippen LogP contribution >= 0.6 is 11.6 Å². The average Bonchev–Trinajstić information content (AvgIpc) is 3.02. The second-order valence-electron chi connectivity index (χ2n) is 6.51. The maximum absolute atomic E-state index is 12.0. The summed E-state index contributed by atoms with van der Waals surface area (Å²) in [5.41, 5.74) is 3.00. The van der Waals surface area contributed by atoms with Crippen LogP contribution in [0.1, 0.15) is 23.4 Å². The molecule has 0 saturated heterocycles. The molecular formula is C20H23ClN6O. The molecule has 0 radical (unpaired) electrons. The molecule has 0 aliphatic rings. The minimum absolute atomic E-state index is 0.00722. The van der Waals surface area contributed by atoms with Crippen molar-refractivity contribution in [3.63, 3.8) is 0 Å². The number of hydrogen-bond acceptors (Lipinski definition) is 5. The normalized spacial score (nSPS) is 10.7. The SMILES string of the molecule is Cc1cc(C)n(-c2cc(NCCNC(=O)CCc3cccc(Cl)c3)ncn2)n1. The van der Waals surface area contributed by atoms with Gasteiger partial charge in [-0.3, -0.25) is 4.79 Å². The van der Waals surface area contributed by atoms with E-state index >= 15 is 0 Å². The lowest BCUT2D eigenvalue weighted by Gasteiger charge is -2.09. The van der Waals surface area contributed by atoms with Gasteiger partial charge in [-0.2, -0.15) is 5.10 Å². The molecule has 3 aromatic rings. The Morgan fingerprint density at radius 1 is 1.14 bits per heavy atom. The predicted octanol–water partition coefficient (Wildman–Crippen LogP) is 3.09. The molecule has 8 heteroatoms. The van der Waals surface area contributed by atoms with Gasteiger partial charge in [-0.1, -0.05) is 23.7 Å². The van der Waals surface area contributed by atoms with Crippen LogP contribution in [-0.2, 0) is 11.2 Å². The Morgan fingerprint density at radius 3 is 2.75 bits per heavy atom. The van der Waals surface area contributed by atoms with Crippen LogP contribution in [0.15, 0.2) is 42.7 Å². The first-order valence-electron chi connectivity index (χ1n) is 9.12. The van der Waals surface area contributed by atoms with E-state index in [0.717, 1.165) is 17.0 Å². The van der Waals surface area contributed by atoms with Crippen LogP contribution in [0.3, 0.4) is 0 Å². The third-order valence-corrected chi connectivity index (χ3v) is 4.40. The molecule has 0 fully saturated rings. The largest absolute Gasteiger partial charge is 0.368 e. The highest BCUT2D eigenvalue weighted by Crippen LogP contribution is 2.13. The fraction of sp³-hybridized carbons (Fsp3) is 0.300. The van der Waals surface area contributed by atoms with Crippen LogP contribution in [-0.4, -0.2) is 38.7 Å². The van der Waals surface area contributed by atoms with Crippen molar-refractivity contribution in [2.75, 3.05) is 18.4 Å². The van der Waals surface area contributed by atoms with Crippen LogP contribution in [0.2, 0.25) is 5.02 Å². The standard InChI is InChI=1S/C20H23ClN6O/c1-14-10-15(2)27(26-14)19-12-18(24-13-25-19)22-8-9-23-20(28)7-6-16-4-3-5-17(21)11-16/h3-5,10-13H,6-9H2,1-2H3,(H,23,28)(H,22,24,25). The monoisotopic (exact) mass is 398 g/mol. The van der Waals surface area contributed by atoms with Crippen LogP contribution in [0, 0.1) is 13.8 Å². The molecule has 2 aromatic heterocycles. The highest BCUT2D eigenvalue weighted by molar-refractivity contribution is 6.30. The summed E-state index contributed by atoms with van der Waals surface area (Å²) >= 11 is 5.96. The summed E-state index contributed by atoms with van der Waals surface area (Å²) < 4.78 is 1.78. The van der Waals surface area contributed by atoms with Gasteiger partial charge >= 0.3 is 0 Å². The maximum Gasteiger partial charge on any atom is 0.220 e. The van der Waals surface area contributed by atoms with Crippen molar-refractivity contribution in [1.82, 2.24) is 25.1 Å². The van der Waals surface area contributed by atoms with E-state index < -0.39 is 0 Å². The van der Waals surface area contributed by atoms with Crippen molar-refractivity contribution in [3.8, 4) is 5.82 Å². The number of amides is 1. The minimum atomic E-state index is 0.00722. The number of rotatable bonds is 8. The third-order valence-electron chi connectivity index (χ3n) is 4.16. The van der Waals surface area contributed by atoms with Gasteiger partial charge in [0.05, 0.1) is 5.69 Å². The van der Waals surface area contributed by atoms with Crippen molar-refractivity contribution >= 4 is 23.3 Å². The smallest absolute Gasteiger partial charge is 0.220 e. The van der Waals surface area contributed by atoms with E-state index in [1.54, 1.807) is 4.68 Å². The molecule has 146 valence electrons. The predicted molar refractivity (Wildman–Crippen MR) is 110 cm³/mol. The summed E-state index contributed by atoms with van der Waals surface area (Å²) in [6, 6.07) is 11.4. The summed E-state index contributed by atoms with van der Waals surface area (Å²) in [6.45, 7) is 5.00. The highest BCUT2D eigenvalue weighted by atomic mass is 35.5. The number of carbonyl (C=O) groups is 1. The molecule has 0 bridgehead atoms. The number of nitrogens with zero attached hydrogens (tertiary/aromatic N) is 4. The topological polar surface area (TPSA) is 84.7 Å². The Morgan fingerprint density at radius 2 is 2.00 bits per heavy atom. The number of nitrogens with one attached hydrogen (secondary N) is 2. The molecule has 0 aliphatic heterocycles. The zero-order chi connectivity index (χ0) is 19.9. The Hall–Kier alpha value is -2.93. The van der Waals surface area contributed by atoms with Gasteiger partial charge in [-0.05, 0) is 44.0 Å². The van der Waals surface area contributed by atoms with E-state index in [-0.39, 0.29) is 5.91 Å². The van der Waals surface area contributed by atoms with Crippen LogP contribution in [0.25, 0.3) is 5.82 Å². The fourth-order valence-corrected chi connectivity index (χ4v) is 3.06. The summed E-state index contributed by atoms with van der Waals surface area (Å²) in [5.74, 6) is 1.40. The van der Waals surface area contributed by atoms with Gasteiger partial charge in [0.25, 0.3) is 0 Å². The molecule has 3 rings (SSSR count). The van der Waals surface area contributed by atoms with E-state index in [1.165, 1.54) is 6.33 Å². The zero-order valence-corrected chi connectivity index (χ0v) is 16.7. The van der Waals surface area contributed by atoms with Crippen molar-refractivity contribution in [3.05, 3.63) is 64.7 Å². The molecule has 2 N–H and O–H groups in total. The molecule has 2 heterocycles. The van der Waals surface area contributed by atoms with Crippen molar-refractivity contribution in [2.24, 2.45) is 0 Å². The van der Waals surface area contributed by atoms with Crippen molar-refractivity contribution in [1.29, 1.82) is 0 Å². The van der Waals surface area contributed by atoms with Gasteiger partial charge in [0.2, 0.25) is 5.91 Å². The number of anilines is 1. The number of aromatic nitrogens is 4. The third kappa shape index (κ3) is 5.53. The number of hydrogen-bond donors (Lipinski definition) is 2. The summed E-state index contributed by atoms with van der Waals surface area (Å²) in [4.78, 5) is 20.5. The molecule has 1 amide bonds. The zero-order valence-electron chi connectivity index (χ0n) is 15.9. The lowest BCUT2D eigenvalue weighted by atomic mass is 10.1. The Balaban J connectivity index is 1.43. The van der Waals surface area contributed by atoms with Gasteiger partial charge in [0.1, 0.15) is 12.1 Å². The second kappa shape index (κ2) is 9.32. The van der Waals surface area contributed by atoms with Gasteiger partial charge in [0, 0.05) is 36.3 Å². The molecule has 28 heavy (non-hydrogen) atoms. The quantitative estimate of drug-likeness (QED) is 0.569. The van der Waals surface area contributed by atoms with Crippen LogP contribution < -0.4 is 10.6 Å². The molecule has 1 aromatic carbocycles. The van der Waals surface area contributed by atoms with E-state index in [2.05, 4.69) is 25.7 Å². The second-order valence-corrected chi connectivity index (χ2v) is 6.94. The summed E-state index contributed by atoms with van der Waals surface area (Å²) in [5, 5.41) is 11.2. The van der Waals surface area contributed by atoms with E-state index in [4.69, 9.17) is 11.6 Å². The van der Waals surface area contributed by atoms with E-state index in [9.17, 15) is 4.79 Å². The van der Waals surface area contributed by atoms with E-state index in [0.29, 0.717) is 42.6 Å². The molecule has 0 atom stereocenters. The maximum atomic E-state index is 12.0. The van der Waals surface area contributed by atoms with Gasteiger partial charge in [-0.25, -0.2) is 14.6 Å². The Kier molecular flexibility index (Phi) is 6.60. The first-order chi connectivity index (χ1) is 13.5. The summed E-state index contributed by atoms with van der Waals surface area (Å²) in [7, 11) is 0. The lowest BCUT2D eigenvalue weighted by molar-refractivity contribution is -0.120. The van der Waals surface area contributed by atoms with Crippen LogP contribution in [0.5, 0.6) is 0 Å². The fourth-order valence-electron chi connectivity index (χ4n) is 2.85. The molecule has 0 aliphatic carbocycles. The lowest BCUT2D eigenvalue weighted by Crippen LogP contribution is -2.29. The first-order valence-corrected chi connectivity index (χ1v) is 9.50. The molecule has 0 unspecified atom stereocenters. The summed E-state index contributed by atoms with van der Waals surface area (Å²) in [6.07, 6.45) is 2.59. The van der Waals surface area contributed by atoms with Gasteiger partial charge in [0.15, 0.2) is 5.82 Å². The molecule has 0 saturated carbocycles. The van der Waals surface area contributed by atoms with Crippen molar-refractivity contribution < 1.29 is 4.79 Å². The Labute approximate surface area is 169 Å². The first kappa shape index (κ1) is 19.8. The van der Waals surface area contributed by atoms with Crippen LogP contribution in [0.4, 0.5) is 5.82 Å². The van der Waals surface area contributed by atoms with E-state index in [1.807, 2.05) is 50.2 Å². The minimum Gasteiger partial charge on any atom is -0.368 e. The molecule has 7 nitrogen and oxygen atoms in total.